The second kappa shape index (κ2) is 6.95. The van der Waals surface area contributed by atoms with Crippen LogP contribution in [0.5, 0.6) is 0 Å². The monoisotopic (exact) mass is 386 g/mol. The molecule has 0 saturated heterocycles. The van der Waals surface area contributed by atoms with Gasteiger partial charge >= 0.3 is 0 Å². The van der Waals surface area contributed by atoms with Gasteiger partial charge in [0.1, 0.15) is 0 Å². The zero-order valence-electron chi connectivity index (χ0n) is 14.5. The lowest BCUT2D eigenvalue weighted by Crippen LogP contribution is -2.00. The first-order chi connectivity index (χ1) is 12.6. The molecule has 26 heavy (non-hydrogen) atoms. The average molecular weight is 387 g/mol. The fourth-order valence-electron chi connectivity index (χ4n) is 3.55. The maximum Gasteiger partial charge on any atom is 0.157 e. The minimum Gasteiger partial charge on any atom is -0.350 e. The van der Waals surface area contributed by atoms with Gasteiger partial charge in [0, 0.05) is 12.4 Å². The molecule has 0 aliphatic heterocycles. The Kier molecular flexibility index (Phi) is 4.65. The van der Waals surface area contributed by atoms with Crippen molar-refractivity contribution in [1.29, 1.82) is 0 Å². The second-order valence-corrected chi connectivity index (χ2v) is 7.30. The highest BCUT2D eigenvalue weighted by molar-refractivity contribution is 6.40. The molecule has 0 spiro atoms. The molecule has 2 aromatic heterocycles. The van der Waals surface area contributed by atoms with Crippen LogP contribution in [0.4, 0.5) is 0 Å². The minimum atomic E-state index is 0.662. The Hall–Kier alpha value is -2.01. The number of hydrogen-bond donors (Lipinski definition) is 2. The first-order valence-corrected chi connectivity index (χ1v) is 9.48. The molecular weight excluding hydrogens is 367 g/mol. The van der Waals surface area contributed by atoms with E-state index in [-0.39, 0.29) is 0 Å². The van der Waals surface area contributed by atoms with E-state index < -0.39 is 0 Å². The van der Waals surface area contributed by atoms with E-state index in [1.54, 1.807) is 0 Å². The van der Waals surface area contributed by atoms with E-state index in [0.29, 0.717) is 16.6 Å². The van der Waals surface area contributed by atoms with Crippen molar-refractivity contribution in [2.45, 2.75) is 19.3 Å². The number of para-hydroxylation sites is 2. The Morgan fingerprint density at radius 2 is 1.85 bits per heavy atom. The maximum absolute atomic E-state index is 6.54. The number of imidazole rings is 1. The molecule has 0 saturated carbocycles. The molecule has 4 nitrogen and oxygen atoms in total. The van der Waals surface area contributed by atoms with Crippen LogP contribution in [0.1, 0.15) is 18.4 Å². The van der Waals surface area contributed by atoms with Gasteiger partial charge in [-0.3, -0.25) is 0 Å². The summed E-state index contributed by atoms with van der Waals surface area (Å²) in [6.07, 6.45) is 2.83. The molecule has 0 amide bonds. The smallest absolute Gasteiger partial charge is 0.157 e. The number of hydrogen-bond acceptors (Lipinski definition) is 2. The van der Waals surface area contributed by atoms with Gasteiger partial charge in [-0.25, -0.2) is 4.98 Å². The quantitative estimate of drug-likeness (QED) is 0.456. The summed E-state index contributed by atoms with van der Waals surface area (Å²) < 4.78 is 2.11. The number of aromatic amines is 1. The van der Waals surface area contributed by atoms with Crippen molar-refractivity contribution in [3.8, 4) is 11.5 Å². The Morgan fingerprint density at radius 1 is 1.08 bits per heavy atom. The second-order valence-electron chi connectivity index (χ2n) is 6.49. The van der Waals surface area contributed by atoms with Crippen LogP contribution < -0.4 is 5.73 Å². The summed E-state index contributed by atoms with van der Waals surface area (Å²) in [7, 11) is 2.03. The third-order valence-electron chi connectivity index (χ3n) is 4.85. The van der Waals surface area contributed by atoms with E-state index in [9.17, 15) is 0 Å². The van der Waals surface area contributed by atoms with E-state index in [0.717, 1.165) is 58.3 Å². The molecular formula is C20H20Cl2N4. The zero-order chi connectivity index (χ0) is 18.3. The number of nitrogens with one attached hydrogen (secondary N) is 1. The molecule has 4 aromatic rings. The number of nitrogens with two attached hydrogens (primary N) is 1. The van der Waals surface area contributed by atoms with Crippen molar-refractivity contribution in [1.82, 2.24) is 14.5 Å². The summed E-state index contributed by atoms with van der Waals surface area (Å²) in [6.45, 7) is 0.679. The van der Waals surface area contributed by atoms with Crippen molar-refractivity contribution in [2.75, 3.05) is 6.54 Å². The van der Waals surface area contributed by atoms with Crippen LogP contribution in [0.2, 0.25) is 10.0 Å². The van der Waals surface area contributed by atoms with E-state index in [1.807, 2.05) is 37.4 Å². The van der Waals surface area contributed by atoms with Gasteiger partial charge in [0.2, 0.25) is 0 Å². The summed E-state index contributed by atoms with van der Waals surface area (Å²) >= 11 is 13.0. The molecule has 0 aliphatic carbocycles. The van der Waals surface area contributed by atoms with Crippen molar-refractivity contribution in [3.05, 3.63) is 52.0 Å². The van der Waals surface area contributed by atoms with Gasteiger partial charge in [-0.1, -0.05) is 35.3 Å². The van der Waals surface area contributed by atoms with Gasteiger partial charge in [0.05, 0.1) is 32.3 Å². The van der Waals surface area contributed by atoms with Crippen LogP contribution in [-0.4, -0.2) is 21.1 Å². The number of H-pyrrole nitrogens is 1. The predicted octanol–water partition coefficient (Wildman–Crippen LogP) is 5.31. The lowest BCUT2D eigenvalue weighted by molar-refractivity contribution is 0.747. The average Bonchev–Trinajstić information content (AvgIpc) is 3.18. The number of aromatic nitrogens is 3. The molecule has 0 bridgehead atoms. The van der Waals surface area contributed by atoms with Gasteiger partial charge in [-0.05, 0) is 55.6 Å². The van der Waals surface area contributed by atoms with Crippen LogP contribution in [0.3, 0.4) is 0 Å². The van der Waals surface area contributed by atoms with Crippen molar-refractivity contribution >= 4 is 45.1 Å². The van der Waals surface area contributed by atoms with E-state index in [1.165, 1.54) is 0 Å². The number of benzene rings is 2. The van der Waals surface area contributed by atoms with Gasteiger partial charge in [0.15, 0.2) is 5.82 Å². The number of aryl methyl sites for hydroxylation is 2. The number of rotatable bonds is 5. The maximum atomic E-state index is 6.54. The summed E-state index contributed by atoms with van der Waals surface area (Å²) in [6, 6.07) is 11.8. The molecule has 0 atom stereocenters. The van der Waals surface area contributed by atoms with Crippen molar-refractivity contribution < 1.29 is 0 Å². The zero-order valence-corrected chi connectivity index (χ0v) is 16.0. The largest absolute Gasteiger partial charge is 0.350 e. The van der Waals surface area contributed by atoms with E-state index >= 15 is 0 Å². The molecule has 134 valence electrons. The molecule has 4 rings (SSSR count). The molecule has 2 heterocycles. The van der Waals surface area contributed by atoms with Gasteiger partial charge in [0.25, 0.3) is 0 Å². The number of fused-ring (bicyclic) bond motifs is 2. The summed E-state index contributed by atoms with van der Waals surface area (Å²) in [4.78, 5) is 8.33. The Labute approximate surface area is 161 Å². The Balaban J connectivity index is 1.98. The number of nitrogens with zero attached hydrogens (tertiary/aromatic N) is 2. The third-order valence-corrected chi connectivity index (χ3v) is 5.48. The van der Waals surface area contributed by atoms with Crippen molar-refractivity contribution in [2.24, 2.45) is 12.8 Å². The van der Waals surface area contributed by atoms with Gasteiger partial charge in [-0.2, -0.15) is 0 Å². The van der Waals surface area contributed by atoms with Crippen LogP contribution in [0, 0.1) is 0 Å². The highest BCUT2D eigenvalue weighted by Gasteiger charge is 2.21. The fourth-order valence-corrected chi connectivity index (χ4v) is 4.03. The van der Waals surface area contributed by atoms with Crippen LogP contribution in [-0.2, 0) is 13.5 Å². The predicted molar refractivity (Wildman–Crippen MR) is 110 cm³/mol. The normalized spacial score (nSPS) is 11.7. The van der Waals surface area contributed by atoms with E-state index in [4.69, 9.17) is 33.9 Å². The first-order valence-electron chi connectivity index (χ1n) is 8.72. The fraction of sp³-hybridized carbons (Fsp3) is 0.250. The molecule has 0 aliphatic rings. The Morgan fingerprint density at radius 3 is 2.62 bits per heavy atom. The summed E-state index contributed by atoms with van der Waals surface area (Å²) in [5.41, 5.74) is 10.7. The SMILES string of the molecule is Cn1c(-c2[nH]c3c(Cl)ccc(Cl)c3c2CCCCN)nc2ccccc21. The molecule has 0 unspecified atom stereocenters. The molecule has 2 aromatic carbocycles. The standard InChI is InChI=1S/C20H20Cl2N4/c1-26-16-8-3-2-7-15(16)24-20(26)18-12(6-4-5-11-23)17-13(21)9-10-14(22)19(17)25-18/h2-3,7-10,25H,4-6,11,23H2,1H3. The van der Waals surface area contributed by atoms with Gasteiger partial charge in [-0.15, -0.1) is 0 Å². The summed E-state index contributed by atoms with van der Waals surface area (Å²) in [5, 5.41) is 2.35. The molecule has 0 radical (unpaired) electrons. The molecule has 0 fully saturated rings. The van der Waals surface area contributed by atoms with Gasteiger partial charge < -0.3 is 15.3 Å². The third kappa shape index (κ3) is 2.78. The highest BCUT2D eigenvalue weighted by Crippen LogP contribution is 2.39. The van der Waals surface area contributed by atoms with Crippen LogP contribution in [0.25, 0.3) is 33.5 Å². The lowest BCUT2D eigenvalue weighted by Gasteiger charge is -2.06. The van der Waals surface area contributed by atoms with Crippen molar-refractivity contribution in [3.63, 3.8) is 0 Å². The molecule has 6 heteroatoms. The number of unbranched alkanes of at least 4 members (excludes halogenated alkanes) is 1. The minimum absolute atomic E-state index is 0.662. The number of halogens is 2. The first kappa shape index (κ1) is 17.4. The Bertz CT molecular complexity index is 1090. The topological polar surface area (TPSA) is 59.6 Å². The lowest BCUT2D eigenvalue weighted by atomic mass is 10.0. The summed E-state index contributed by atoms with van der Waals surface area (Å²) in [5.74, 6) is 0.886. The molecule has 3 N–H and O–H groups in total. The van der Waals surface area contributed by atoms with Crippen LogP contribution >= 0.6 is 23.2 Å². The van der Waals surface area contributed by atoms with Crippen LogP contribution in [0.15, 0.2) is 36.4 Å². The van der Waals surface area contributed by atoms with E-state index in [2.05, 4.69) is 15.6 Å². The highest BCUT2D eigenvalue weighted by atomic mass is 35.5.